The van der Waals surface area contributed by atoms with Crippen LogP contribution in [0.25, 0.3) is 0 Å². The number of carbonyl (C=O) groups excluding carboxylic acids is 4. The molecule has 1 unspecified atom stereocenters. The number of amides is 4. The quantitative estimate of drug-likeness (QED) is 0.801. The highest BCUT2D eigenvalue weighted by Gasteiger charge is 2.45. The number of nitrogens with one attached hydrogen (secondary N) is 2. The van der Waals surface area contributed by atoms with E-state index in [0.29, 0.717) is 12.2 Å². The Hall–Kier alpha value is -3.00. The fourth-order valence-corrected chi connectivity index (χ4v) is 3.90. The maximum Gasteiger partial charge on any atom is 0.264 e. The van der Waals surface area contributed by atoms with Gasteiger partial charge in [-0.15, -0.1) is 11.3 Å². The predicted octanol–water partition coefficient (Wildman–Crippen LogP) is 1.76. The Balaban J connectivity index is 1.63. The van der Waals surface area contributed by atoms with E-state index in [2.05, 4.69) is 10.6 Å². The Bertz CT molecular complexity index is 923. The number of hydrogen-bond acceptors (Lipinski definition) is 6. The van der Waals surface area contributed by atoms with Crippen molar-refractivity contribution in [2.45, 2.75) is 25.4 Å². The van der Waals surface area contributed by atoms with Gasteiger partial charge < -0.3 is 5.32 Å². The molecule has 2 aliphatic heterocycles. The molecule has 1 aromatic heterocycles. The summed E-state index contributed by atoms with van der Waals surface area (Å²) in [5.74, 6) is -2.00. The Labute approximate surface area is 153 Å². The summed E-state index contributed by atoms with van der Waals surface area (Å²) in [5.41, 5.74) is 1.11. The minimum Gasteiger partial charge on any atom is -0.379 e. The molecule has 0 radical (unpaired) electrons. The third-order valence-corrected chi connectivity index (χ3v) is 5.38. The molecule has 1 atom stereocenters. The summed E-state index contributed by atoms with van der Waals surface area (Å²) in [7, 11) is 0. The van der Waals surface area contributed by atoms with E-state index in [0.717, 1.165) is 9.78 Å². The number of piperidine rings is 1. The molecule has 2 aromatic rings. The molecular weight excluding hydrogens is 354 g/mol. The van der Waals surface area contributed by atoms with Gasteiger partial charge in [-0.2, -0.15) is 0 Å². The van der Waals surface area contributed by atoms with E-state index in [1.54, 1.807) is 29.5 Å². The minimum atomic E-state index is -0.953. The van der Waals surface area contributed by atoms with Gasteiger partial charge in [-0.05, 0) is 30.0 Å². The van der Waals surface area contributed by atoms with Crippen LogP contribution >= 0.6 is 11.3 Å². The maximum absolute atomic E-state index is 12.9. The van der Waals surface area contributed by atoms with Crippen molar-refractivity contribution in [1.82, 2.24) is 10.2 Å². The zero-order valence-corrected chi connectivity index (χ0v) is 14.5. The second-order valence-electron chi connectivity index (χ2n) is 6.11. The van der Waals surface area contributed by atoms with Gasteiger partial charge in [-0.25, -0.2) is 0 Å². The third kappa shape index (κ3) is 2.68. The van der Waals surface area contributed by atoms with Crippen LogP contribution in [0.1, 0.15) is 38.4 Å². The van der Waals surface area contributed by atoms with Crippen LogP contribution < -0.4 is 10.6 Å². The molecule has 2 aliphatic rings. The first-order chi connectivity index (χ1) is 12.6. The molecule has 4 rings (SSSR count). The topological polar surface area (TPSA) is 95.6 Å². The largest absolute Gasteiger partial charge is 0.379 e. The van der Waals surface area contributed by atoms with E-state index in [4.69, 9.17) is 0 Å². The van der Waals surface area contributed by atoms with E-state index < -0.39 is 23.8 Å². The van der Waals surface area contributed by atoms with Gasteiger partial charge in [0.25, 0.3) is 11.8 Å². The van der Waals surface area contributed by atoms with Gasteiger partial charge >= 0.3 is 0 Å². The second kappa shape index (κ2) is 6.38. The first kappa shape index (κ1) is 16.5. The zero-order valence-electron chi connectivity index (χ0n) is 13.7. The fourth-order valence-electron chi connectivity index (χ4n) is 3.26. The normalized spacial score (nSPS) is 19.5. The van der Waals surface area contributed by atoms with E-state index in [9.17, 15) is 19.2 Å². The lowest BCUT2D eigenvalue weighted by Crippen LogP contribution is -2.54. The summed E-state index contributed by atoms with van der Waals surface area (Å²) in [6.07, 6.45) is 0.251. The van der Waals surface area contributed by atoms with Crippen molar-refractivity contribution in [3.63, 3.8) is 0 Å². The number of carbonyl (C=O) groups is 4. The van der Waals surface area contributed by atoms with Gasteiger partial charge in [0.2, 0.25) is 11.8 Å². The van der Waals surface area contributed by atoms with Gasteiger partial charge in [0.15, 0.2) is 0 Å². The number of rotatable bonds is 4. The van der Waals surface area contributed by atoms with Crippen LogP contribution in [0, 0.1) is 0 Å². The summed E-state index contributed by atoms with van der Waals surface area (Å²) in [6.45, 7) is 0.536. The highest BCUT2D eigenvalue weighted by atomic mass is 32.1. The first-order valence-electron chi connectivity index (χ1n) is 8.17. The predicted molar refractivity (Wildman–Crippen MR) is 94.8 cm³/mol. The average Bonchev–Trinajstić information content (AvgIpc) is 3.22. The third-order valence-electron chi connectivity index (χ3n) is 4.50. The van der Waals surface area contributed by atoms with Crippen LogP contribution in [0.4, 0.5) is 5.69 Å². The summed E-state index contributed by atoms with van der Waals surface area (Å²) in [6, 6.07) is 7.99. The molecule has 3 heterocycles. The molecule has 1 aromatic carbocycles. The Morgan fingerprint density at radius 2 is 1.96 bits per heavy atom. The van der Waals surface area contributed by atoms with Gasteiger partial charge in [0, 0.05) is 23.5 Å². The number of hydrogen-bond donors (Lipinski definition) is 2. The number of benzene rings is 1. The SMILES string of the molecule is O=C1CCC(N2C(=O)c3cccc(NCc4cccs4)c3C2=O)C(=O)N1. The van der Waals surface area contributed by atoms with Gasteiger partial charge in [-0.1, -0.05) is 12.1 Å². The molecule has 4 amide bonds. The van der Waals surface area contributed by atoms with Crippen LogP contribution in [0.3, 0.4) is 0 Å². The van der Waals surface area contributed by atoms with Crippen molar-refractivity contribution < 1.29 is 19.2 Å². The molecule has 0 spiro atoms. The molecule has 0 bridgehead atoms. The standard InChI is InChI=1S/C18H15N3O4S/c22-14-7-6-13(16(23)20-14)21-17(24)11-4-1-5-12(15(11)18(21)25)19-9-10-3-2-8-26-10/h1-5,8,13,19H,6-7,9H2,(H,20,22,23). The van der Waals surface area contributed by atoms with Crippen molar-refractivity contribution in [1.29, 1.82) is 0 Å². The number of nitrogens with zero attached hydrogens (tertiary/aromatic N) is 1. The minimum absolute atomic E-state index is 0.104. The Morgan fingerprint density at radius 1 is 1.12 bits per heavy atom. The molecule has 1 saturated heterocycles. The Morgan fingerprint density at radius 3 is 2.69 bits per heavy atom. The number of imide groups is 2. The van der Waals surface area contributed by atoms with Crippen molar-refractivity contribution in [3.8, 4) is 0 Å². The van der Waals surface area contributed by atoms with E-state index in [1.165, 1.54) is 0 Å². The summed E-state index contributed by atoms with van der Waals surface area (Å²) >= 11 is 1.59. The van der Waals surface area contributed by atoms with Crippen molar-refractivity contribution >= 4 is 40.7 Å². The van der Waals surface area contributed by atoms with Crippen LogP contribution in [0.2, 0.25) is 0 Å². The summed E-state index contributed by atoms with van der Waals surface area (Å²) in [5, 5.41) is 7.35. The van der Waals surface area contributed by atoms with Crippen LogP contribution in [-0.2, 0) is 16.1 Å². The summed E-state index contributed by atoms with van der Waals surface area (Å²) < 4.78 is 0. The fraction of sp³-hybridized carbons (Fsp3) is 0.222. The van der Waals surface area contributed by atoms with Crippen LogP contribution in [-0.4, -0.2) is 34.6 Å². The average molecular weight is 369 g/mol. The van der Waals surface area contributed by atoms with Crippen molar-refractivity contribution in [2.75, 3.05) is 5.32 Å². The van der Waals surface area contributed by atoms with E-state index >= 15 is 0 Å². The lowest BCUT2D eigenvalue weighted by atomic mass is 10.0. The molecular formula is C18H15N3O4S. The van der Waals surface area contributed by atoms with Gasteiger partial charge in [0.1, 0.15) is 6.04 Å². The highest BCUT2D eigenvalue weighted by molar-refractivity contribution is 7.09. The van der Waals surface area contributed by atoms with E-state index in [-0.39, 0.29) is 29.9 Å². The zero-order chi connectivity index (χ0) is 18.3. The molecule has 0 saturated carbocycles. The molecule has 1 fully saturated rings. The molecule has 0 aliphatic carbocycles. The highest BCUT2D eigenvalue weighted by Crippen LogP contribution is 2.32. The number of fused-ring (bicyclic) bond motifs is 1. The molecule has 7 nitrogen and oxygen atoms in total. The summed E-state index contributed by atoms with van der Waals surface area (Å²) in [4.78, 5) is 51.2. The number of anilines is 1. The first-order valence-corrected chi connectivity index (χ1v) is 9.05. The maximum atomic E-state index is 12.9. The lowest BCUT2D eigenvalue weighted by molar-refractivity contribution is -0.136. The molecule has 2 N–H and O–H groups in total. The van der Waals surface area contributed by atoms with Gasteiger partial charge in [0.05, 0.1) is 11.1 Å². The number of thiophene rings is 1. The van der Waals surface area contributed by atoms with E-state index in [1.807, 2.05) is 17.5 Å². The molecule has 132 valence electrons. The smallest absolute Gasteiger partial charge is 0.264 e. The Kier molecular flexibility index (Phi) is 4.04. The molecule has 8 heteroatoms. The lowest BCUT2D eigenvalue weighted by Gasteiger charge is -2.27. The van der Waals surface area contributed by atoms with Crippen LogP contribution in [0.5, 0.6) is 0 Å². The van der Waals surface area contributed by atoms with Crippen molar-refractivity contribution in [3.05, 3.63) is 51.7 Å². The van der Waals surface area contributed by atoms with Crippen LogP contribution in [0.15, 0.2) is 35.7 Å². The second-order valence-corrected chi connectivity index (χ2v) is 7.14. The van der Waals surface area contributed by atoms with Crippen molar-refractivity contribution in [2.24, 2.45) is 0 Å². The molecule has 26 heavy (non-hydrogen) atoms. The monoisotopic (exact) mass is 369 g/mol. The van der Waals surface area contributed by atoms with Gasteiger partial charge in [-0.3, -0.25) is 29.4 Å².